The van der Waals surface area contributed by atoms with Gasteiger partial charge in [0.2, 0.25) is 9.84 Å². The summed E-state index contributed by atoms with van der Waals surface area (Å²) in [6.45, 7) is 0. The van der Waals surface area contributed by atoms with E-state index in [-0.39, 0.29) is 20.0 Å². The van der Waals surface area contributed by atoms with Crippen LogP contribution in [0.5, 0.6) is 0 Å². The van der Waals surface area contributed by atoms with Crippen LogP contribution >= 0.6 is 15.9 Å². The van der Waals surface area contributed by atoms with Crippen LogP contribution in [-0.4, -0.2) is 13.3 Å². The molecule has 0 saturated carbocycles. The van der Waals surface area contributed by atoms with Crippen molar-refractivity contribution >= 4 is 31.5 Å². The van der Waals surface area contributed by atoms with Crippen LogP contribution in [0.2, 0.25) is 0 Å². The first kappa shape index (κ1) is 14.6. The molecule has 0 saturated heterocycles. The van der Waals surface area contributed by atoms with Crippen molar-refractivity contribution < 1.29 is 17.7 Å². The molecule has 104 valence electrons. The first-order valence-corrected chi connectivity index (χ1v) is 7.54. The SMILES string of the molecule is O=[N+]([O-])c1ccc(S(=O)(=O)c2ccc(F)cc2)cc1Br. The number of sulfone groups is 1. The van der Waals surface area contributed by atoms with E-state index in [0.717, 1.165) is 42.5 Å². The third-order valence-electron chi connectivity index (χ3n) is 2.55. The average molecular weight is 360 g/mol. The van der Waals surface area contributed by atoms with Gasteiger partial charge in [0.1, 0.15) is 5.82 Å². The Bertz CT molecular complexity index is 775. The second-order valence-corrected chi connectivity index (χ2v) is 6.63. The van der Waals surface area contributed by atoms with Gasteiger partial charge in [-0.25, -0.2) is 12.8 Å². The minimum atomic E-state index is -3.84. The number of halogens is 2. The molecule has 2 aromatic carbocycles. The van der Waals surface area contributed by atoms with E-state index in [1.165, 1.54) is 0 Å². The van der Waals surface area contributed by atoms with Gasteiger partial charge in [0, 0.05) is 6.07 Å². The number of nitro groups is 1. The second-order valence-electron chi connectivity index (χ2n) is 3.83. The summed E-state index contributed by atoms with van der Waals surface area (Å²) in [7, 11) is -3.84. The van der Waals surface area contributed by atoms with Crippen molar-refractivity contribution in [3.63, 3.8) is 0 Å². The fourth-order valence-corrected chi connectivity index (χ4v) is 3.51. The molecule has 0 atom stereocenters. The van der Waals surface area contributed by atoms with Crippen LogP contribution in [0.1, 0.15) is 0 Å². The van der Waals surface area contributed by atoms with Crippen molar-refractivity contribution in [2.75, 3.05) is 0 Å². The smallest absolute Gasteiger partial charge is 0.258 e. The summed E-state index contributed by atoms with van der Waals surface area (Å²) in [5, 5.41) is 10.7. The Labute approximate surface area is 122 Å². The highest BCUT2D eigenvalue weighted by Crippen LogP contribution is 2.30. The van der Waals surface area contributed by atoms with Crippen LogP contribution in [0, 0.1) is 15.9 Å². The summed E-state index contributed by atoms with van der Waals surface area (Å²) in [6, 6.07) is 7.74. The highest BCUT2D eigenvalue weighted by Gasteiger charge is 2.21. The molecule has 0 radical (unpaired) electrons. The zero-order valence-corrected chi connectivity index (χ0v) is 12.2. The van der Waals surface area contributed by atoms with Crippen LogP contribution in [0.3, 0.4) is 0 Å². The van der Waals surface area contributed by atoms with Crippen LogP contribution in [0.25, 0.3) is 0 Å². The standard InChI is InChI=1S/C12H7BrFNO4S/c13-11-7-10(5-6-12(11)15(16)17)20(18,19)9-3-1-8(14)2-4-9/h1-7H. The largest absolute Gasteiger partial charge is 0.283 e. The van der Waals surface area contributed by atoms with Crippen molar-refractivity contribution in [3.05, 3.63) is 62.9 Å². The Balaban J connectivity index is 2.52. The van der Waals surface area contributed by atoms with Gasteiger partial charge < -0.3 is 0 Å². The Hall–Kier alpha value is -1.80. The van der Waals surface area contributed by atoms with E-state index in [1.54, 1.807) is 0 Å². The van der Waals surface area contributed by atoms with E-state index < -0.39 is 20.6 Å². The minimum Gasteiger partial charge on any atom is -0.258 e. The number of benzene rings is 2. The fourth-order valence-electron chi connectivity index (χ4n) is 1.55. The monoisotopic (exact) mass is 359 g/mol. The zero-order valence-electron chi connectivity index (χ0n) is 9.79. The van der Waals surface area contributed by atoms with Crippen molar-refractivity contribution in [2.45, 2.75) is 9.79 Å². The summed E-state index contributed by atoms with van der Waals surface area (Å²) in [5.74, 6) is -0.547. The number of nitro benzene ring substituents is 1. The van der Waals surface area contributed by atoms with E-state index in [0.29, 0.717) is 0 Å². The molecule has 8 heteroatoms. The molecule has 0 aliphatic heterocycles. The van der Waals surface area contributed by atoms with Gasteiger partial charge in [-0.05, 0) is 52.3 Å². The maximum Gasteiger partial charge on any atom is 0.283 e. The van der Waals surface area contributed by atoms with Crippen LogP contribution in [0.15, 0.2) is 56.7 Å². The highest BCUT2D eigenvalue weighted by molar-refractivity contribution is 9.10. The van der Waals surface area contributed by atoms with E-state index >= 15 is 0 Å². The summed E-state index contributed by atoms with van der Waals surface area (Å²) in [4.78, 5) is 9.85. The molecule has 0 bridgehead atoms. The number of hydrogen-bond acceptors (Lipinski definition) is 4. The maximum absolute atomic E-state index is 12.8. The van der Waals surface area contributed by atoms with Gasteiger partial charge in [0.25, 0.3) is 5.69 Å². The van der Waals surface area contributed by atoms with Gasteiger partial charge in [-0.3, -0.25) is 10.1 Å². The summed E-state index contributed by atoms with van der Waals surface area (Å²) < 4.78 is 37.4. The third-order valence-corrected chi connectivity index (χ3v) is 4.95. The lowest BCUT2D eigenvalue weighted by Crippen LogP contribution is -2.02. The lowest BCUT2D eigenvalue weighted by molar-refractivity contribution is -0.385. The lowest BCUT2D eigenvalue weighted by atomic mass is 10.3. The molecule has 0 N–H and O–H groups in total. The van der Waals surface area contributed by atoms with Gasteiger partial charge in [-0.1, -0.05) is 0 Å². The van der Waals surface area contributed by atoms with Crippen molar-refractivity contribution in [1.82, 2.24) is 0 Å². The van der Waals surface area contributed by atoms with Crippen LogP contribution in [-0.2, 0) is 9.84 Å². The van der Waals surface area contributed by atoms with Gasteiger partial charge >= 0.3 is 0 Å². The minimum absolute atomic E-state index is 0.0608. The number of hydrogen-bond donors (Lipinski definition) is 0. The van der Waals surface area contributed by atoms with E-state index in [1.807, 2.05) is 0 Å². The van der Waals surface area contributed by atoms with E-state index in [4.69, 9.17) is 0 Å². The number of nitrogens with zero attached hydrogens (tertiary/aromatic N) is 1. The molecular weight excluding hydrogens is 353 g/mol. The Kier molecular flexibility index (Phi) is 3.87. The lowest BCUT2D eigenvalue weighted by Gasteiger charge is -2.05. The quantitative estimate of drug-likeness (QED) is 0.478. The predicted octanol–water partition coefficient (Wildman–Crippen LogP) is 3.33. The third kappa shape index (κ3) is 2.70. The molecule has 2 rings (SSSR count). The Morgan fingerprint density at radius 1 is 1.05 bits per heavy atom. The van der Waals surface area contributed by atoms with E-state index in [2.05, 4.69) is 15.9 Å². The summed E-state index contributed by atoms with van der Waals surface area (Å²) >= 11 is 2.96. The topological polar surface area (TPSA) is 77.3 Å². The van der Waals surface area contributed by atoms with Gasteiger partial charge in [-0.15, -0.1) is 0 Å². The zero-order chi connectivity index (χ0) is 14.9. The molecule has 0 heterocycles. The highest BCUT2D eigenvalue weighted by atomic mass is 79.9. The summed E-state index contributed by atoms with van der Waals surface area (Å²) in [5.41, 5.74) is -0.233. The average Bonchev–Trinajstić information content (AvgIpc) is 2.38. The molecule has 0 spiro atoms. The predicted molar refractivity (Wildman–Crippen MR) is 72.6 cm³/mol. The van der Waals surface area contributed by atoms with Crippen molar-refractivity contribution in [1.29, 1.82) is 0 Å². The van der Waals surface area contributed by atoms with Gasteiger partial charge in [-0.2, -0.15) is 0 Å². The molecule has 0 aromatic heterocycles. The fraction of sp³-hybridized carbons (Fsp3) is 0. The van der Waals surface area contributed by atoms with E-state index in [9.17, 15) is 22.9 Å². The van der Waals surface area contributed by atoms with Crippen LogP contribution < -0.4 is 0 Å². The molecule has 5 nitrogen and oxygen atoms in total. The Morgan fingerprint density at radius 2 is 1.60 bits per heavy atom. The second kappa shape index (κ2) is 5.29. The van der Waals surface area contributed by atoms with Gasteiger partial charge in [0.05, 0.1) is 19.2 Å². The van der Waals surface area contributed by atoms with Crippen LogP contribution in [0.4, 0.5) is 10.1 Å². The first-order chi connectivity index (χ1) is 9.32. The normalized spacial score (nSPS) is 11.3. The molecule has 0 unspecified atom stereocenters. The van der Waals surface area contributed by atoms with Crippen molar-refractivity contribution in [2.24, 2.45) is 0 Å². The summed E-state index contributed by atoms with van der Waals surface area (Å²) in [6.07, 6.45) is 0. The van der Waals surface area contributed by atoms with Crippen molar-refractivity contribution in [3.8, 4) is 0 Å². The number of rotatable bonds is 3. The molecule has 2 aromatic rings. The molecule has 0 aliphatic rings. The first-order valence-electron chi connectivity index (χ1n) is 5.27. The molecule has 0 amide bonds. The molecule has 0 fully saturated rings. The maximum atomic E-state index is 12.8. The molecule has 20 heavy (non-hydrogen) atoms. The van der Waals surface area contributed by atoms with Gasteiger partial charge in [0.15, 0.2) is 0 Å². The molecular formula is C12H7BrFNO4S. The molecule has 0 aliphatic carbocycles. The Morgan fingerprint density at radius 3 is 2.10 bits per heavy atom.